The molecule has 1 aromatic carbocycles. The lowest BCUT2D eigenvalue weighted by molar-refractivity contribution is 0.641. The Morgan fingerprint density at radius 1 is 0.964 bits per heavy atom. The van der Waals surface area contributed by atoms with Gasteiger partial charge in [-0.05, 0) is 43.9 Å². The molecule has 0 atom stereocenters. The average Bonchev–Trinajstić information content (AvgIpc) is 2.61. The Labute approximate surface area is 176 Å². The molecule has 150 valence electrons. The van der Waals surface area contributed by atoms with E-state index in [1.807, 2.05) is 57.0 Å². The molecule has 1 heterocycles. The molecule has 1 aromatic heterocycles. The van der Waals surface area contributed by atoms with Gasteiger partial charge in [-0.2, -0.15) is 4.98 Å². The van der Waals surface area contributed by atoms with Crippen LogP contribution in [0.3, 0.4) is 0 Å². The molecule has 0 N–H and O–H groups in total. The highest BCUT2D eigenvalue weighted by atomic mass is 35.5. The molecule has 2 aromatic rings. The van der Waals surface area contributed by atoms with Crippen LogP contribution >= 0.6 is 23.2 Å². The van der Waals surface area contributed by atoms with Crippen molar-refractivity contribution < 1.29 is 0 Å². The second-order valence-corrected chi connectivity index (χ2v) is 7.76. The third kappa shape index (κ3) is 6.77. The fraction of sp³-hybridized carbons (Fsp3) is 0.400. The SMILES string of the molecule is Cc1nc(/N=C/N(C)C)nc(N=CN(C)C)c1CCCc1ccc(Cl)cc1Cl. The van der Waals surface area contributed by atoms with Gasteiger partial charge in [-0.15, -0.1) is 0 Å². The van der Waals surface area contributed by atoms with Crippen molar-refractivity contribution in [3.05, 3.63) is 45.1 Å². The standard InChI is InChI=1S/C20H26Cl2N6/c1-14-17(8-6-7-15-9-10-16(21)11-18(15)22)19(23-12-27(2)3)26-20(25-14)24-13-28(4)5/h9-13H,6-8H2,1-5H3/b23-12?,24-13+. The molecule has 6 nitrogen and oxygen atoms in total. The molecule has 0 saturated heterocycles. The first-order valence-corrected chi connectivity index (χ1v) is 9.74. The van der Waals surface area contributed by atoms with Gasteiger partial charge in [0.05, 0.1) is 12.7 Å². The Morgan fingerprint density at radius 3 is 2.29 bits per heavy atom. The van der Waals surface area contributed by atoms with Crippen LogP contribution in [0.5, 0.6) is 0 Å². The highest BCUT2D eigenvalue weighted by molar-refractivity contribution is 6.35. The van der Waals surface area contributed by atoms with Crippen LogP contribution in [-0.2, 0) is 12.8 Å². The van der Waals surface area contributed by atoms with Crippen LogP contribution in [0.4, 0.5) is 11.8 Å². The molecule has 0 saturated carbocycles. The summed E-state index contributed by atoms with van der Waals surface area (Å²) in [4.78, 5) is 21.6. The van der Waals surface area contributed by atoms with Gasteiger partial charge in [0.1, 0.15) is 0 Å². The topological polar surface area (TPSA) is 57.0 Å². The van der Waals surface area contributed by atoms with Gasteiger partial charge in [0.2, 0.25) is 0 Å². The first-order chi connectivity index (χ1) is 13.3. The predicted octanol–water partition coefficient (Wildman–Crippen LogP) is 4.71. The van der Waals surface area contributed by atoms with Crippen LogP contribution in [0, 0.1) is 6.92 Å². The lowest BCUT2D eigenvalue weighted by atomic mass is 10.0. The molecule has 0 fully saturated rings. The molecule has 0 bridgehead atoms. The Balaban J connectivity index is 2.23. The molecular weight excluding hydrogens is 395 g/mol. The van der Waals surface area contributed by atoms with E-state index < -0.39 is 0 Å². The zero-order valence-electron chi connectivity index (χ0n) is 16.9. The van der Waals surface area contributed by atoms with E-state index in [9.17, 15) is 0 Å². The Bertz CT molecular complexity index is 862. The van der Waals surface area contributed by atoms with Gasteiger partial charge in [0.25, 0.3) is 5.95 Å². The van der Waals surface area contributed by atoms with Crippen LogP contribution in [0.1, 0.15) is 23.2 Å². The van der Waals surface area contributed by atoms with E-state index in [0.717, 1.165) is 36.1 Å². The van der Waals surface area contributed by atoms with Crippen molar-refractivity contribution >= 4 is 47.6 Å². The summed E-state index contributed by atoms with van der Waals surface area (Å²) in [6.07, 6.45) is 5.95. The number of halogens is 2. The molecular formula is C20H26Cl2N6. The number of hydrogen-bond donors (Lipinski definition) is 0. The second-order valence-electron chi connectivity index (χ2n) is 6.92. The van der Waals surface area contributed by atoms with Gasteiger partial charge >= 0.3 is 0 Å². The van der Waals surface area contributed by atoms with E-state index in [-0.39, 0.29) is 0 Å². The van der Waals surface area contributed by atoms with E-state index in [4.69, 9.17) is 23.2 Å². The number of hydrogen-bond acceptors (Lipinski definition) is 4. The number of rotatable bonds is 8. The fourth-order valence-corrected chi connectivity index (χ4v) is 3.04. The van der Waals surface area contributed by atoms with Crippen molar-refractivity contribution in [1.82, 2.24) is 19.8 Å². The minimum Gasteiger partial charge on any atom is -0.369 e. The zero-order valence-corrected chi connectivity index (χ0v) is 18.5. The summed E-state index contributed by atoms with van der Waals surface area (Å²) >= 11 is 12.3. The van der Waals surface area contributed by atoms with Crippen molar-refractivity contribution in [2.24, 2.45) is 9.98 Å². The Morgan fingerprint density at radius 2 is 1.64 bits per heavy atom. The molecule has 0 unspecified atom stereocenters. The highest BCUT2D eigenvalue weighted by Gasteiger charge is 2.12. The molecule has 0 radical (unpaired) electrons. The first kappa shape index (κ1) is 22.1. The summed E-state index contributed by atoms with van der Waals surface area (Å²) in [5, 5.41) is 1.34. The highest BCUT2D eigenvalue weighted by Crippen LogP contribution is 2.26. The molecule has 0 spiro atoms. The maximum absolute atomic E-state index is 6.28. The summed E-state index contributed by atoms with van der Waals surface area (Å²) in [5.41, 5.74) is 2.98. The van der Waals surface area contributed by atoms with Gasteiger partial charge in [0, 0.05) is 49.5 Å². The monoisotopic (exact) mass is 420 g/mol. The summed E-state index contributed by atoms with van der Waals surface area (Å²) < 4.78 is 0. The fourth-order valence-electron chi connectivity index (χ4n) is 2.54. The number of aliphatic imine (C=N–C) groups is 2. The molecule has 8 heteroatoms. The average molecular weight is 421 g/mol. The van der Waals surface area contributed by atoms with Crippen LogP contribution < -0.4 is 0 Å². The molecule has 2 rings (SSSR count). The van der Waals surface area contributed by atoms with Gasteiger partial charge in [-0.1, -0.05) is 29.3 Å². The van der Waals surface area contributed by atoms with Crippen LogP contribution in [-0.4, -0.2) is 60.6 Å². The largest absolute Gasteiger partial charge is 0.369 e. The molecule has 0 aliphatic carbocycles. The number of benzene rings is 1. The van der Waals surface area contributed by atoms with E-state index in [1.165, 1.54) is 0 Å². The quantitative estimate of drug-likeness (QED) is 0.458. The minimum absolute atomic E-state index is 0.404. The van der Waals surface area contributed by atoms with Crippen molar-refractivity contribution in [2.75, 3.05) is 28.2 Å². The zero-order chi connectivity index (χ0) is 20.7. The van der Waals surface area contributed by atoms with Gasteiger partial charge in [-0.25, -0.2) is 15.0 Å². The van der Waals surface area contributed by atoms with Gasteiger partial charge < -0.3 is 9.80 Å². The summed E-state index contributed by atoms with van der Waals surface area (Å²) in [6, 6.07) is 5.61. The van der Waals surface area contributed by atoms with Gasteiger partial charge in [0.15, 0.2) is 5.82 Å². The lowest BCUT2D eigenvalue weighted by Crippen LogP contribution is -2.09. The van der Waals surface area contributed by atoms with E-state index >= 15 is 0 Å². The number of aromatic nitrogens is 2. The molecule has 0 aliphatic heterocycles. The summed E-state index contributed by atoms with van der Waals surface area (Å²) in [5.74, 6) is 1.05. The Kier molecular flexibility index (Phi) is 8.20. The second kappa shape index (κ2) is 10.4. The van der Waals surface area contributed by atoms with Crippen molar-refractivity contribution in [1.29, 1.82) is 0 Å². The summed E-state index contributed by atoms with van der Waals surface area (Å²) in [7, 11) is 7.64. The number of nitrogens with zero attached hydrogens (tertiary/aromatic N) is 6. The third-order valence-corrected chi connectivity index (χ3v) is 4.47. The predicted molar refractivity (Wildman–Crippen MR) is 119 cm³/mol. The van der Waals surface area contributed by atoms with Crippen molar-refractivity contribution in [3.63, 3.8) is 0 Å². The Hall–Kier alpha value is -2.18. The van der Waals surface area contributed by atoms with Crippen molar-refractivity contribution in [2.45, 2.75) is 26.2 Å². The van der Waals surface area contributed by atoms with Crippen LogP contribution in [0.15, 0.2) is 28.2 Å². The number of aryl methyl sites for hydroxylation is 2. The van der Waals surface area contributed by atoms with Gasteiger partial charge in [-0.3, -0.25) is 0 Å². The normalized spacial score (nSPS) is 11.5. The lowest BCUT2D eigenvalue weighted by Gasteiger charge is -2.11. The molecule has 28 heavy (non-hydrogen) atoms. The smallest absolute Gasteiger partial charge is 0.253 e. The minimum atomic E-state index is 0.404. The molecule has 0 aliphatic rings. The van der Waals surface area contributed by atoms with Crippen LogP contribution in [0.2, 0.25) is 10.0 Å². The van der Waals surface area contributed by atoms with E-state index in [2.05, 4.69) is 20.0 Å². The third-order valence-electron chi connectivity index (χ3n) is 3.88. The summed E-state index contributed by atoms with van der Waals surface area (Å²) in [6.45, 7) is 1.97. The van der Waals surface area contributed by atoms with Crippen molar-refractivity contribution in [3.8, 4) is 0 Å². The maximum atomic E-state index is 6.28. The maximum Gasteiger partial charge on any atom is 0.253 e. The molecule has 0 amide bonds. The van der Waals surface area contributed by atoms with E-state index in [1.54, 1.807) is 18.7 Å². The van der Waals surface area contributed by atoms with Crippen LogP contribution in [0.25, 0.3) is 0 Å². The first-order valence-electron chi connectivity index (χ1n) is 8.99. The van der Waals surface area contributed by atoms with E-state index in [0.29, 0.717) is 21.8 Å².